The molecule has 6 fully saturated rings. The van der Waals surface area contributed by atoms with E-state index in [1.54, 1.807) is 0 Å². The van der Waals surface area contributed by atoms with E-state index in [9.17, 15) is 55.7 Å². The summed E-state index contributed by atoms with van der Waals surface area (Å²) in [5.74, 6) is -7.18. The number of imide groups is 2. The predicted molar refractivity (Wildman–Crippen MR) is 180 cm³/mol. The normalized spacial score (nSPS) is 39.4. The molecule has 296 valence electrons. The van der Waals surface area contributed by atoms with Crippen molar-refractivity contribution < 1.29 is 65.2 Å². The number of benzene rings is 2. The molecule has 4 unspecified atom stereocenters. The van der Waals surface area contributed by atoms with Crippen molar-refractivity contribution in [3.63, 3.8) is 0 Å². The number of carbonyl (C=O) groups excluding carboxylic acids is 4. The molecule has 4 bridgehead atoms. The Morgan fingerprint density at radius 1 is 0.696 bits per heavy atom. The van der Waals surface area contributed by atoms with E-state index in [4.69, 9.17) is 44.5 Å². The maximum atomic E-state index is 13.3. The Bertz CT molecular complexity index is 2000. The highest BCUT2D eigenvalue weighted by Crippen LogP contribution is 2.64. The Labute approximate surface area is 323 Å². The van der Waals surface area contributed by atoms with E-state index in [1.165, 1.54) is 33.8 Å². The van der Waals surface area contributed by atoms with Crippen molar-refractivity contribution in [1.29, 1.82) is 5.26 Å². The van der Waals surface area contributed by atoms with E-state index in [-0.39, 0.29) is 11.4 Å². The van der Waals surface area contributed by atoms with Gasteiger partial charge in [-0.1, -0.05) is 6.07 Å². The Morgan fingerprint density at radius 2 is 1.05 bits per heavy atom. The summed E-state index contributed by atoms with van der Waals surface area (Å²) in [6.07, 6.45) is -12.1. The molecule has 2 N–H and O–H groups in total. The van der Waals surface area contributed by atoms with Gasteiger partial charge in [0.2, 0.25) is 23.6 Å². The molecular formula is C36H28Cl2F6N4O8. The molecule has 20 heteroatoms. The first-order valence-corrected chi connectivity index (χ1v) is 17.6. The third-order valence-corrected chi connectivity index (χ3v) is 13.5. The number of nitrogens with zero attached hydrogens (tertiary/aromatic N) is 4. The average molecular weight is 830 g/mol. The zero-order chi connectivity index (χ0) is 41.6. The number of aliphatic hydroxyl groups is 2. The zero-order valence-corrected chi connectivity index (χ0v) is 30.8. The fraction of sp³-hybridized carbons (Fsp3) is 0.500. The van der Waals surface area contributed by atoms with Crippen molar-refractivity contribution in [3.8, 4) is 6.07 Å². The summed E-state index contributed by atoms with van der Waals surface area (Å²) < 4.78 is 91.3. The van der Waals surface area contributed by atoms with Crippen molar-refractivity contribution >= 4 is 63.9 Å². The maximum Gasteiger partial charge on any atom is 0.417 e. The first-order valence-electron chi connectivity index (χ1n) is 16.8. The molecule has 0 spiro atoms. The summed E-state index contributed by atoms with van der Waals surface area (Å²) in [6, 6.07) is 6.76. The Morgan fingerprint density at radius 3 is 1.41 bits per heavy atom. The Kier molecular flexibility index (Phi) is 8.63. The van der Waals surface area contributed by atoms with Crippen LogP contribution in [0.1, 0.15) is 44.4 Å². The van der Waals surface area contributed by atoms with Gasteiger partial charge in [-0.3, -0.25) is 19.2 Å². The molecule has 6 aliphatic heterocycles. The number of amides is 4. The van der Waals surface area contributed by atoms with Crippen LogP contribution in [0.2, 0.25) is 0 Å². The van der Waals surface area contributed by atoms with Gasteiger partial charge in [-0.15, -0.1) is 23.2 Å². The molecule has 2 aromatic carbocycles. The SMILES string of the molecule is CC12OC(C)([C@H](Cl)[C@@H]1O)[C@H]1C(=O)N(c3ccc(C#N)c(C(F)(F)F)c3)C(=O)[C@H]12.[C-]#[N+]c1ccc(N2C(=O)[C@@H]3[C@H](C2=O)C2(C)OC3(C)[C@@H](Cl)[C@H]2O)cc1C(F)(F)F. The topological polar surface area (TPSA) is 162 Å². The minimum atomic E-state index is -4.83. The van der Waals surface area contributed by atoms with Crippen molar-refractivity contribution in [1.82, 2.24) is 0 Å². The molecule has 12 nitrogen and oxygen atoms in total. The van der Waals surface area contributed by atoms with Crippen LogP contribution in [-0.2, 0) is 41.0 Å². The number of aliphatic hydroxyl groups excluding tert-OH is 2. The fourth-order valence-corrected chi connectivity index (χ4v) is 10.4. The van der Waals surface area contributed by atoms with Crippen LogP contribution in [0.3, 0.4) is 0 Å². The van der Waals surface area contributed by atoms with Crippen LogP contribution < -0.4 is 9.80 Å². The second kappa shape index (κ2) is 12.1. The predicted octanol–water partition coefficient (Wildman–Crippen LogP) is 5.10. The largest absolute Gasteiger partial charge is 0.417 e. The smallest absolute Gasteiger partial charge is 0.388 e. The molecule has 2 aromatic rings. The molecule has 6 aliphatic rings. The summed E-state index contributed by atoms with van der Waals surface area (Å²) in [6.45, 7) is 12.9. The highest BCUT2D eigenvalue weighted by Gasteiger charge is 2.80. The minimum Gasteiger partial charge on any atom is -0.388 e. The lowest BCUT2D eigenvalue weighted by Gasteiger charge is -2.35. The van der Waals surface area contributed by atoms with Crippen LogP contribution in [0.5, 0.6) is 0 Å². The van der Waals surface area contributed by atoms with Gasteiger partial charge in [-0.2, -0.15) is 31.6 Å². The van der Waals surface area contributed by atoms with Gasteiger partial charge in [0, 0.05) is 5.69 Å². The minimum absolute atomic E-state index is 0.281. The van der Waals surface area contributed by atoms with Gasteiger partial charge in [-0.05, 0) is 58.0 Å². The summed E-state index contributed by atoms with van der Waals surface area (Å²) in [5.41, 5.74) is -9.79. The second-order valence-corrected chi connectivity index (χ2v) is 16.2. The average Bonchev–Trinajstić information content (AvgIpc) is 3.83. The third kappa shape index (κ3) is 4.99. The van der Waals surface area contributed by atoms with E-state index >= 15 is 0 Å². The quantitative estimate of drug-likeness (QED) is 0.182. The highest BCUT2D eigenvalue weighted by atomic mass is 35.5. The third-order valence-electron chi connectivity index (χ3n) is 12.1. The Balaban J connectivity index is 0.000000172. The van der Waals surface area contributed by atoms with E-state index in [0.717, 1.165) is 24.3 Å². The number of fused-ring (bicyclic) bond motifs is 10. The number of ether oxygens (including phenoxy) is 2. The van der Waals surface area contributed by atoms with Crippen molar-refractivity contribution in [2.75, 3.05) is 9.80 Å². The maximum absolute atomic E-state index is 13.3. The van der Waals surface area contributed by atoms with Gasteiger partial charge in [-0.25, -0.2) is 14.6 Å². The second-order valence-electron chi connectivity index (χ2n) is 15.2. The van der Waals surface area contributed by atoms with Gasteiger partial charge >= 0.3 is 12.4 Å². The lowest BCUT2D eigenvalue weighted by Crippen LogP contribution is -2.55. The van der Waals surface area contributed by atoms with Crippen molar-refractivity contribution in [2.24, 2.45) is 23.7 Å². The van der Waals surface area contributed by atoms with Crippen LogP contribution in [0.4, 0.5) is 43.4 Å². The van der Waals surface area contributed by atoms with Crippen LogP contribution in [0.15, 0.2) is 36.4 Å². The molecule has 6 heterocycles. The van der Waals surface area contributed by atoms with E-state index in [0.29, 0.717) is 21.9 Å². The summed E-state index contributed by atoms with van der Waals surface area (Å²) in [4.78, 5) is 56.3. The molecular weight excluding hydrogens is 801 g/mol. The monoisotopic (exact) mass is 828 g/mol. The van der Waals surface area contributed by atoms with E-state index in [2.05, 4.69) is 4.85 Å². The van der Waals surface area contributed by atoms with Gasteiger partial charge in [0.05, 0.1) is 80.6 Å². The van der Waals surface area contributed by atoms with Gasteiger partial charge < -0.3 is 19.7 Å². The molecule has 4 amide bonds. The molecule has 0 aliphatic carbocycles. The molecule has 8 rings (SSSR count). The molecule has 0 saturated carbocycles. The Hall–Kier alpha value is -4.30. The van der Waals surface area contributed by atoms with Crippen LogP contribution >= 0.6 is 23.2 Å². The zero-order valence-electron chi connectivity index (χ0n) is 29.2. The molecule has 6 saturated heterocycles. The lowest BCUT2D eigenvalue weighted by molar-refractivity contribution is -0.138. The summed E-state index contributed by atoms with van der Waals surface area (Å²) in [7, 11) is 0. The lowest BCUT2D eigenvalue weighted by atomic mass is 9.67. The molecule has 0 radical (unpaired) electrons. The first kappa shape index (κ1) is 39.9. The number of alkyl halides is 8. The van der Waals surface area contributed by atoms with Crippen LogP contribution in [0.25, 0.3) is 4.85 Å². The highest BCUT2D eigenvalue weighted by molar-refractivity contribution is 6.28. The van der Waals surface area contributed by atoms with E-state index in [1.807, 2.05) is 0 Å². The van der Waals surface area contributed by atoms with Gasteiger partial charge in [0.25, 0.3) is 0 Å². The number of hydrogen-bond donors (Lipinski definition) is 2. The molecule has 56 heavy (non-hydrogen) atoms. The first-order chi connectivity index (χ1) is 25.7. The van der Waals surface area contributed by atoms with Gasteiger partial charge in [0.1, 0.15) is 23.4 Å². The summed E-state index contributed by atoms with van der Waals surface area (Å²) >= 11 is 12.5. The number of hydrogen-bond acceptors (Lipinski definition) is 9. The van der Waals surface area contributed by atoms with E-state index < -0.39 is 127 Å². The molecule has 0 aromatic heterocycles. The van der Waals surface area contributed by atoms with Crippen molar-refractivity contribution in [2.45, 2.75) is 85.4 Å². The number of halogens is 8. The number of nitriles is 1. The standard InChI is InChI=1S/2C18H14ClF3N2O4/c1-16-10-11(17(2,28-16)13(25)12(16)19)15(27)24(14(10)26)7-4-5-9(23-3)8(6-7)18(20,21)22;1-16-10-11(17(2,28-16)13(25)12(16)19)15(27)24(14(10)26)8-4-3-7(6-23)9(5-8)18(20,21)22/h4-6,10-13,25H,1-2H3;3-5,10-13,25H,1-2H3/t2*10-,11+,12-,13+,16?,17?/m01/s1. The van der Waals surface area contributed by atoms with Gasteiger partial charge in [0.15, 0.2) is 5.69 Å². The van der Waals surface area contributed by atoms with Crippen LogP contribution in [0, 0.1) is 41.6 Å². The number of carbonyl (C=O) groups is 4. The fourth-order valence-electron chi connectivity index (χ4n) is 9.50. The van der Waals surface area contributed by atoms with Crippen molar-refractivity contribution in [3.05, 3.63) is 64.5 Å². The number of anilines is 2. The summed E-state index contributed by atoms with van der Waals surface area (Å²) in [5, 5.41) is 27.8. The van der Waals surface area contributed by atoms with Crippen LogP contribution in [-0.4, -0.2) is 79.2 Å². The number of rotatable bonds is 2. The molecule has 12 atom stereocenters.